The second-order valence-electron chi connectivity index (χ2n) is 2.53. The molecule has 60 valence electrons. The molecule has 1 atom stereocenters. The van der Waals surface area contributed by atoms with Crippen LogP contribution in [0.1, 0.15) is 6.42 Å². The molecule has 1 aliphatic heterocycles. The van der Waals surface area contributed by atoms with Crippen LogP contribution in [0.25, 0.3) is 0 Å². The third kappa shape index (κ3) is 1.61. The molecule has 10 heavy (non-hydrogen) atoms. The molecule has 1 aliphatic rings. The van der Waals surface area contributed by atoms with E-state index in [9.17, 15) is 8.78 Å². The fraction of sp³-hybridized carbons (Fsp3) is 1.00. The van der Waals surface area contributed by atoms with Crippen molar-refractivity contribution in [2.75, 3.05) is 18.1 Å². The number of nitrogens with two attached hydrogens (primary N) is 1. The van der Waals surface area contributed by atoms with Gasteiger partial charge in [-0.2, -0.15) is 11.8 Å². The van der Waals surface area contributed by atoms with Crippen molar-refractivity contribution >= 4 is 11.8 Å². The highest BCUT2D eigenvalue weighted by atomic mass is 32.2. The van der Waals surface area contributed by atoms with Gasteiger partial charge in [0.15, 0.2) is 0 Å². The molecule has 0 saturated carbocycles. The predicted molar refractivity (Wildman–Crippen MR) is 39.4 cm³/mol. The van der Waals surface area contributed by atoms with Crippen molar-refractivity contribution in [2.45, 2.75) is 12.3 Å². The molecule has 0 amide bonds. The van der Waals surface area contributed by atoms with Crippen molar-refractivity contribution in [3.8, 4) is 0 Å². The van der Waals surface area contributed by atoms with Gasteiger partial charge in [-0.1, -0.05) is 0 Å². The van der Waals surface area contributed by atoms with E-state index in [0.29, 0.717) is 6.42 Å². The first-order chi connectivity index (χ1) is 4.67. The molecule has 1 heterocycles. The fourth-order valence-corrected chi connectivity index (χ4v) is 2.16. The SMILES string of the molecule is NCC1CCSCC1(F)F. The van der Waals surface area contributed by atoms with Gasteiger partial charge in [0.2, 0.25) is 0 Å². The lowest BCUT2D eigenvalue weighted by Crippen LogP contribution is -2.39. The summed E-state index contributed by atoms with van der Waals surface area (Å²) in [6.07, 6.45) is 0.564. The first-order valence-corrected chi connectivity index (χ1v) is 4.48. The van der Waals surface area contributed by atoms with E-state index in [1.807, 2.05) is 0 Å². The molecule has 0 aromatic rings. The number of hydrogen-bond acceptors (Lipinski definition) is 2. The molecule has 1 nitrogen and oxygen atoms in total. The summed E-state index contributed by atoms with van der Waals surface area (Å²) in [5.41, 5.74) is 5.19. The van der Waals surface area contributed by atoms with Crippen LogP contribution in [0, 0.1) is 5.92 Å². The Balaban J connectivity index is 2.51. The molecular formula is C6H11F2NS. The van der Waals surface area contributed by atoms with Gasteiger partial charge in [0.25, 0.3) is 5.92 Å². The Labute approximate surface area is 63.4 Å². The minimum absolute atomic E-state index is 0.0468. The van der Waals surface area contributed by atoms with Crippen molar-refractivity contribution in [3.05, 3.63) is 0 Å². The molecule has 1 rings (SSSR count). The lowest BCUT2D eigenvalue weighted by molar-refractivity contribution is -0.0350. The van der Waals surface area contributed by atoms with Crippen molar-refractivity contribution in [3.63, 3.8) is 0 Å². The fourth-order valence-electron chi connectivity index (χ4n) is 1.05. The Morgan fingerprint density at radius 1 is 1.60 bits per heavy atom. The number of thioether (sulfide) groups is 1. The number of halogens is 2. The van der Waals surface area contributed by atoms with Crippen LogP contribution in [0.2, 0.25) is 0 Å². The van der Waals surface area contributed by atoms with Gasteiger partial charge in [-0.3, -0.25) is 0 Å². The average molecular weight is 167 g/mol. The van der Waals surface area contributed by atoms with Crippen LogP contribution < -0.4 is 5.73 Å². The van der Waals surface area contributed by atoms with Crippen LogP contribution in [-0.4, -0.2) is 24.0 Å². The first-order valence-electron chi connectivity index (χ1n) is 3.32. The third-order valence-corrected chi connectivity index (χ3v) is 2.90. The molecule has 0 radical (unpaired) electrons. The molecule has 0 aliphatic carbocycles. The van der Waals surface area contributed by atoms with Crippen LogP contribution in [-0.2, 0) is 0 Å². The van der Waals surface area contributed by atoms with Crippen LogP contribution >= 0.6 is 11.8 Å². The highest BCUT2D eigenvalue weighted by Gasteiger charge is 2.40. The Morgan fingerprint density at radius 2 is 2.30 bits per heavy atom. The van der Waals surface area contributed by atoms with Crippen LogP contribution in [0.5, 0.6) is 0 Å². The molecular weight excluding hydrogens is 156 g/mol. The summed E-state index contributed by atoms with van der Waals surface area (Å²) in [5, 5.41) is 0. The molecule has 1 saturated heterocycles. The minimum atomic E-state index is -2.52. The Kier molecular flexibility index (Phi) is 2.52. The maximum atomic E-state index is 12.8. The molecule has 0 aromatic heterocycles. The summed E-state index contributed by atoms with van der Waals surface area (Å²) >= 11 is 1.32. The molecule has 4 heteroatoms. The molecule has 0 bridgehead atoms. The third-order valence-electron chi connectivity index (χ3n) is 1.79. The van der Waals surface area contributed by atoms with Gasteiger partial charge in [-0.15, -0.1) is 0 Å². The maximum Gasteiger partial charge on any atom is 0.261 e. The zero-order chi connectivity index (χ0) is 7.61. The van der Waals surface area contributed by atoms with Crippen molar-refractivity contribution < 1.29 is 8.78 Å². The molecule has 1 unspecified atom stereocenters. The smallest absolute Gasteiger partial charge is 0.261 e. The summed E-state index contributed by atoms with van der Waals surface area (Å²) in [7, 11) is 0. The first kappa shape index (κ1) is 8.27. The van der Waals surface area contributed by atoms with Crippen molar-refractivity contribution in [2.24, 2.45) is 11.7 Å². The Morgan fingerprint density at radius 3 is 2.70 bits per heavy atom. The zero-order valence-electron chi connectivity index (χ0n) is 5.65. The van der Waals surface area contributed by atoms with Gasteiger partial charge >= 0.3 is 0 Å². The average Bonchev–Trinajstić information content (AvgIpc) is 1.87. The van der Waals surface area contributed by atoms with Crippen molar-refractivity contribution in [1.82, 2.24) is 0 Å². The summed E-state index contributed by atoms with van der Waals surface area (Å²) in [4.78, 5) is 0. The van der Waals surface area contributed by atoms with Gasteiger partial charge in [0.05, 0.1) is 5.75 Å². The topological polar surface area (TPSA) is 26.0 Å². The van der Waals surface area contributed by atoms with E-state index in [2.05, 4.69) is 0 Å². The molecule has 1 fully saturated rings. The summed E-state index contributed by atoms with van der Waals surface area (Å²) in [6, 6.07) is 0. The van der Waals surface area contributed by atoms with Gasteiger partial charge in [-0.05, 0) is 12.2 Å². The van der Waals surface area contributed by atoms with E-state index < -0.39 is 11.8 Å². The van der Waals surface area contributed by atoms with E-state index in [4.69, 9.17) is 5.73 Å². The summed E-state index contributed by atoms with van der Waals surface area (Å²) in [6.45, 7) is 0.119. The van der Waals surface area contributed by atoms with E-state index in [-0.39, 0.29) is 12.3 Å². The Hall–Kier alpha value is 0.170. The number of alkyl halides is 2. The predicted octanol–water partition coefficient (Wildman–Crippen LogP) is 1.33. The molecule has 2 N–H and O–H groups in total. The van der Waals surface area contributed by atoms with E-state index in [1.54, 1.807) is 0 Å². The number of hydrogen-bond donors (Lipinski definition) is 1. The van der Waals surface area contributed by atoms with Gasteiger partial charge in [0, 0.05) is 12.5 Å². The quantitative estimate of drug-likeness (QED) is 0.637. The molecule has 0 spiro atoms. The van der Waals surface area contributed by atoms with Gasteiger partial charge in [0.1, 0.15) is 0 Å². The summed E-state index contributed by atoms with van der Waals surface area (Å²) in [5.74, 6) is -2.31. The van der Waals surface area contributed by atoms with E-state index in [1.165, 1.54) is 11.8 Å². The van der Waals surface area contributed by atoms with Crippen LogP contribution in [0.4, 0.5) is 8.78 Å². The van der Waals surface area contributed by atoms with Crippen LogP contribution in [0.3, 0.4) is 0 Å². The standard InChI is InChI=1S/C6H11F2NS/c7-6(8)4-10-2-1-5(6)3-9/h5H,1-4,9H2. The number of rotatable bonds is 1. The van der Waals surface area contributed by atoms with E-state index >= 15 is 0 Å². The second kappa shape index (κ2) is 3.05. The highest BCUT2D eigenvalue weighted by molar-refractivity contribution is 7.99. The largest absolute Gasteiger partial charge is 0.330 e. The van der Waals surface area contributed by atoms with Crippen molar-refractivity contribution in [1.29, 1.82) is 0 Å². The normalized spacial score (nSPS) is 32.1. The molecule has 0 aromatic carbocycles. The lowest BCUT2D eigenvalue weighted by Gasteiger charge is -2.29. The van der Waals surface area contributed by atoms with Gasteiger partial charge in [-0.25, -0.2) is 8.78 Å². The second-order valence-corrected chi connectivity index (χ2v) is 3.64. The Bertz CT molecular complexity index is 118. The maximum absolute atomic E-state index is 12.8. The van der Waals surface area contributed by atoms with E-state index in [0.717, 1.165) is 5.75 Å². The zero-order valence-corrected chi connectivity index (χ0v) is 6.46. The highest BCUT2D eigenvalue weighted by Crippen LogP contribution is 2.35. The van der Waals surface area contributed by atoms with Gasteiger partial charge < -0.3 is 5.73 Å². The van der Waals surface area contributed by atoms with Crippen LogP contribution in [0.15, 0.2) is 0 Å². The lowest BCUT2D eigenvalue weighted by atomic mass is 10.00. The summed E-state index contributed by atoms with van der Waals surface area (Å²) < 4.78 is 25.5. The monoisotopic (exact) mass is 167 g/mol. The minimum Gasteiger partial charge on any atom is -0.330 e.